The summed E-state index contributed by atoms with van der Waals surface area (Å²) in [6.45, 7) is 11.9. The van der Waals surface area contributed by atoms with Gasteiger partial charge in [0.05, 0.1) is 0 Å². The number of nitrogens with one attached hydrogen (secondary N) is 2. The quantitative estimate of drug-likeness (QED) is 0.804. The van der Waals surface area contributed by atoms with E-state index in [0.717, 1.165) is 6.04 Å². The summed E-state index contributed by atoms with van der Waals surface area (Å²) in [5.41, 5.74) is 0.502. The molecule has 0 amide bonds. The van der Waals surface area contributed by atoms with Gasteiger partial charge in [0.1, 0.15) is 0 Å². The van der Waals surface area contributed by atoms with E-state index in [2.05, 4.69) is 50.3 Å². The van der Waals surface area contributed by atoms with Crippen molar-refractivity contribution in [3.05, 3.63) is 0 Å². The van der Waals surface area contributed by atoms with Crippen molar-refractivity contribution in [3.8, 4) is 0 Å². The predicted molar refractivity (Wildman–Crippen MR) is 82.6 cm³/mol. The van der Waals surface area contributed by atoms with Gasteiger partial charge in [0.25, 0.3) is 0 Å². The zero-order valence-electron chi connectivity index (χ0n) is 13.6. The van der Waals surface area contributed by atoms with E-state index in [1.807, 2.05) is 0 Å². The first-order valence-electron chi connectivity index (χ1n) is 8.00. The molecule has 0 bridgehead atoms. The molecule has 1 atom stereocenters. The first-order chi connectivity index (χ1) is 8.76. The van der Waals surface area contributed by atoms with Crippen LogP contribution in [0.3, 0.4) is 0 Å². The number of hydrogen-bond acceptors (Lipinski definition) is 3. The molecule has 2 N–H and O–H groups in total. The van der Waals surface area contributed by atoms with Crippen LogP contribution in [-0.4, -0.2) is 48.2 Å². The van der Waals surface area contributed by atoms with E-state index in [-0.39, 0.29) is 11.1 Å². The maximum absolute atomic E-state index is 3.96. The molecular weight excluding hydrogens is 234 g/mol. The molecule has 3 heteroatoms. The second-order valence-electron chi connectivity index (χ2n) is 8.10. The molecule has 2 saturated heterocycles. The van der Waals surface area contributed by atoms with Crippen molar-refractivity contribution < 1.29 is 0 Å². The van der Waals surface area contributed by atoms with E-state index in [1.165, 1.54) is 45.2 Å². The molecule has 2 fully saturated rings. The van der Waals surface area contributed by atoms with Crippen molar-refractivity contribution >= 4 is 0 Å². The van der Waals surface area contributed by atoms with Crippen molar-refractivity contribution in [2.24, 2.45) is 0 Å². The molecule has 1 unspecified atom stereocenters. The van der Waals surface area contributed by atoms with Crippen molar-refractivity contribution in [2.45, 2.75) is 83.0 Å². The van der Waals surface area contributed by atoms with E-state index in [0.29, 0.717) is 6.04 Å². The Balaban J connectivity index is 1.91. The molecule has 2 aliphatic rings. The standard InChI is InChI=1S/C16H33N3/c1-15(2)11-14(12-16(3,4)18-15)17-13-7-6-9-19(5)10-8-13/h13-14,17-18H,6-12H2,1-5H3. The van der Waals surface area contributed by atoms with Crippen LogP contribution in [0.4, 0.5) is 0 Å². The van der Waals surface area contributed by atoms with Gasteiger partial charge in [-0.15, -0.1) is 0 Å². The Morgan fingerprint density at radius 3 is 2.21 bits per heavy atom. The van der Waals surface area contributed by atoms with Crippen LogP contribution in [0.2, 0.25) is 0 Å². The molecule has 0 aromatic rings. The summed E-state index contributed by atoms with van der Waals surface area (Å²) in [6, 6.07) is 1.39. The average Bonchev–Trinajstić information content (AvgIpc) is 2.39. The Labute approximate surface area is 119 Å². The Morgan fingerprint density at radius 2 is 1.58 bits per heavy atom. The monoisotopic (exact) mass is 267 g/mol. The highest BCUT2D eigenvalue weighted by atomic mass is 15.1. The van der Waals surface area contributed by atoms with E-state index in [9.17, 15) is 0 Å². The van der Waals surface area contributed by atoms with Crippen LogP contribution in [0.1, 0.15) is 59.8 Å². The van der Waals surface area contributed by atoms with E-state index >= 15 is 0 Å². The molecule has 112 valence electrons. The molecule has 0 aromatic carbocycles. The molecule has 0 saturated carbocycles. The number of likely N-dealkylation sites (tertiary alicyclic amines) is 1. The fraction of sp³-hybridized carbons (Fsp3) is 1.00. The zero-order chi connectivity index (χ0) is 14.1. The van der Waals surface area contributed by atoms with Crippen LogP contribution in [0.25, 0.3) is 0 Å². The number of rotatable bonds is 2. The van der Waals surface area contributed by atoms with Crippen LogP contribution in [0.15, 0.2) is 0 Å². The van der Waals surface area contributed by atoms with Crippen molar-refractivity contribution in [1.82, 2.24) is 15.5 Å². The van der Waals surface area contributed by atoms with Crippen LogP contribution in [0, 0.1) is 0 Å². The third-order valence-corrected chi connectivity index (χ3v) is 4.61. The smallest absolute Gasteiger partial charge is 0.0144 e. The Hall–Kier alpha value is -0.120. The first-order valence-corrected chi connectivity index (χ1v) is 8.00. The summed E-state index contributed by atoms with van der Waals surface area (Å²) in [5.74, 6) is 0. The van der Waals surface area contributed by atoms with Crippen LogP contribution in [-0.2, 0) is 0 Å². The van der Waals surface area contributed by atoms with Gasteiger partial charge in [-0.3, -0.25) is 0 Å². The minimum absolute atomic E-state index is 0.251. The van der Waals surface area contributed by atoms with Crippen LogP contribution >= 0.6 is 0 Å². The number of nitrogens with zero attached hydrogens (tertiary/aromatic N) is 1. The van der Waals surface area contributed by atoms with Gasteiger partial charge in [-0.25, -0.2) is 0 Å². The second kappa shape index (κ2) is 5.71. The maximum Gasteiger partial charge on any atom is 0.0144 e. The van der Waals surface area contributed by atoms with Gasteiger partial charge in [0, 0.05) is 23.2 Å². The highest BCUT2D eigenvalue weighted by Crippen LogP contribution is 2.29. The molecule has 3 nitrogen and oxygen atoms in total. The first kappa shape index (κ1) is 15.3. The van der Waals surface area contributed by atoms with E-state index < -0.39 is 0 Å². The summed E-state index contributed by atoms with van der Waals surface area (Å²) in [5, 5.41) is 7.73. The van der Waals surface area contributed by atoms with E-state index in [1.54, 1.807) is 0 Å². The van der Waals surface area contributed by atoms with Crippen LogP contribution < -0.4 is 10.6 Å². The summed E-state index contributed by atoms with van der Waals surface area (Å²) in [7, 11) is 2.25. The highest BCUT2D eigenvalue weighted by Gasteiger charge is 2.38. The molecule has 19 heavy (non-hydrogen) atoms. The lowest BCUT2D eigenvalue weighted by Crippen LogP contribution is -2.62. The van der Waals surface area contributed by atoms with E-state index in [4.69, 9.17) is 0 Å². The minimum atomic E-state index is 0.251. The zero-order valence-corrected chi connectivity index (χ0v) is 13.6. The van der Waals surface area contributed by atoms with Gasteiger partial charge in [0.2, 0.25) is 0 Å². The molecule has 0 spiro atoms. The van der Waals surface area contributed by atoms with Gasteiger partial charge in [-0.05, 0) is 79.9 Å². The Morgan fingerprint density at radius 1 is 0.947 bits per heavy atom. The van der Waals surface area contributed by atoms with Crippen LogP contribution in [0.5, 0.6) is 0 Å². The van der Waals surface area contributed by atoms with Gasteiger partial charge < -0.3 is 15.5 Å². The SMILES string of the molecule is CN1CCCC(NC2CC(C)(C)NC(C)(C)C2)CC1. The van der Waals surface area contributed by atoms with Gasteiger partial charge in [-0.2, -0.15) is 0 Å². The predicted octanol–water partition coefficient (Wildman–Crippen LogP) is 2.37. The van der Waals surface area contributed by atoms with Crippen molar-refractivity contribution in [3.63, 3.8) is 0 Å². The lowest BCUT2D eigenvalue weighted by molar-refractivity contribution is 0.137. The molecule has 2 aliphatic heterocycles. The van der Waals surface area contributed by atoms with Gasteiger partial charge in [-0.1, -0.05) is 0 Å². The Bertz CT molecular complexity index is 282. The Kier molecular flexibility index (Phi) is 4.59. The van der Waals surface area contributed by atoms with Gasteiger partial charge in [0.15, 0.2) is 0 Å². The molecule has 2 heterocycles. The summed E-state index contributed by atoms with van der Waals surface area (Å²) in [4.78, 5) is 2.47. The van der Waals surface area contributed by atoms with Gasteiger partial charge >= 0.3 is 0 Å². The summed E-state index contributed by atoms with van der Waals surface area (Å²) < 4.78 is 0. The third-order valence-electron chi connectivity index (χ3n) is 4.61. The summed E-state index contributed by atoms with van der Waals surface area (Å²) >= 11 is 0. The molecule has 0 aromatic heterocycles. The molecule has 2 rings (SSSR count). The highest BCUT2D eigenvalue weighted by molar-refractivity contribution is 5.00. The topological polar surface area (TPSA) is 27.3 Å². The number of piperidine rings is 1. The fourth-order valence-electron chi connectivity index (χ4n) is 4.18. The average molecular weight is 267 g/mol. The molecule has 0 aliphatic carbocycles. The maximum atomic E-state index is 3.96. The molecule has 0 radical (unpaired) electrons. The third kappa shape index (κ3) is 4.73. The van der Waals surface area contributed by atoms with Crippen molar-refractivity contribution in [1.29, 1.82) is 0 Å². The fourth-order valence-corrected chi connectivity index (χ4v) is 4.18. The number of hydrogen-bond donors (Lipinski definition) is 2. The molecular formula is C16H33N3. The normalized spacial score (nSPS) is 33.0. The lowest BCUT2D eigenvalue weighted by atomic mass is 9.79. The largest absolute Gasteiger partial charge is 0.311 e. The minimum Gasteiger partial charge on any atom is -0.311 e. The van der Waals surface area contributed by atoms with Crippen molar-refractivity contribution in [2.75, 3.05) is 20.1 Å². The lowest BCUT2D eigenvalue weighted by Gasteiger charge is -2.47. The summed E-state index contributed by atoms with van der Waals surface area (Å²) in [6.07, 6.45) is 6.47. The second-order valence-corrected chi connectivity index (χ2v) is 8.10.